The lowest BCUT2D eigenvalue weighted by Crippen LogP contribution is -2.29. The van der Waals surface area contributed by atoms with E-state index in [4.69, 9.17) is 23.9 Å². The van der Waals surface area contributed by atoms with Crippen LogP contribution in [-0.2, 0) is 12.2 Å². The Bertz CT molecular complexity index is 1390. The molecule has 0 aliphatic rings. The van der Waals surface area contributed by atoms with Gasteiger partial charge in [0.25, 0.3) is 5.91 Å². The fourth-order valence-electron chi connectivity index (χ4n) is 3.92. The zero-order valence-corrected chi connectivity index (χ0v) is 23.7. The van der Waals surface area contributed by atoms with Crippen molar-refractivity contribution in [2.24, 2.45) is 0 Å². The summed E-state index contributed by atoms with van der Waals surface area (Å²) in [5.41, 5.74) is 3.00. The first-order valence-electron chi connectivity index (χ1n) is 12.7. The minimum absolute atomic E-state index is 0.0386. The van der Waals surface area contributed by atoms with Gasteiger partial charge >= 0.3 is 0 Å². The SMILES string of the molecule is COc1ccc(CCN(C)c2cc(-c3ccccc3)nc(SCc3ccc(C(=O)NC(C)C)o3)n2)cc1OC. The van der Waals surface area contributed by atoms with Crippen LogP contribution in [0, 0.1) is 0 Å². The quantitative estimate of drug-likeness (QED) is 0.175. The van der Waals surface area contributed by atoms with E-state index in [9.17, 15) is 4.79 Å². The maximum absolute atomic E-state index is 12.2. The van der Waals surface area contributed by atoms with E-state index >= 15 is 0 Å². The van der Waals surface area contributed by atoms with Crippen LogP contribution in [0.1, 0.15) is 35.7 Å². The Labute approximate surface area is 233 Å². The number of thioether (sulfide) groups is 1. The highest BCUT2D eigenvalue weighted by atomic mass is 32.2. The molecule has 0 saturated carbocycles. The second-order valence-corrected chi connectivity index (χ2v) is 10.2. The third-order valence-electron chi connectivity index (χ3n) is 5.99. The number of rotatable bonds is 12. The molecule has 0 fully saturated rings. The molecule has 1 N–H and O–H groups in total. The van der Waals surface area contributed by atoms with Gasteiger partial charge in [-0.25, -0.2) is 9.97 Å². The van der Waals surface area contributed by atoms with E-state index in [0.29, 0.717) is 33.9 Å². The Hall–Kier alpha value is -3.98. The Morgan fingerprint density at radius 3 is 2.49 bits per heavy atom. The van der Waals surface area contributed by atoms with Gasteiger partial charge in [0.05, 0.1) is 25.7 Å². The molecule has 0 aliphatic carbocycles. The van der Waals surface area contributed by atoms with Crippen LogP contribution in [-0.4, -0.2) is 49.7 Å². The largest absolute Gasteiger partial charge is 0.493 e. The Balaban J connectivity index is 1.51. The van der Waals surface area contributed by atoms with Crippen LogP contribution in [0.3, 0.4) is 0 Å². The lowest BCUT2D eigenvalue weighted by molar-refractivity contribution is 0.0913. The molecular formula is C30H34N4O4S. The van der Waals surface area contributed by atoms with Gasteiger partial charge in [0.1, 0.15) is 11.6 Å². The second-order valence-electron chi connectivity index (χ2n) is 9.30. The molecule has 9 heteroatoms. The number of benzene rings is 2. The number of nitrogens with one attached hydrogen (secondary N) is 1. The molecule has 0 bridgehead atoms. The minimum atomic E-state index is -0.220. The van der Waals surface area contributed by atoms with Gasteiger partial charge in [-0.2, -0.15) is 0 Å². The van der Waals surface area contributed by atoms with Crippen molar-refractivity contribution in [3.05, 3.63) is 83.8 Å². The van der Waals surface area contributed by atoms with Crippen molar-refractivity contribution in [3.8, 4) is 22.8 Å². The summed E-state index contributed by atoms with van der Waals surface area (Å²) in [4.78, 5) is 24.0. The molecule has 204 valence electrons. The van der Waals surface area contributed by atoms with Crippen LogP contribution in [0.25, 0.3) is 11.3 Å². The predicted octanol–water partition coefficient (Wildman–Crippen LogP) is 5.86. The molecule has 8 nitrogen and oxygen atoms in total. The normalized spacial score (nSPS) is 10.9. The van der Waals surface area contributed by atoms with Gasteiger partial charge in [-0.05, 0) is 50.1 Å². The van der Waals surface area contributed by atoms with Gasteiger partial charge in [0, 0.05) is 31.3 Å². The summed E-state index contributed by atoms with van der Waals surface area (Å²) in [5, 5.41) is 3.48. The van der Waals surface area contributed by atoms with E-state index < -0.39 is 0 Å². The number of nitrogens with zero attached hydrogens (tertiary/aromatic N) is 3. The lowest BCUT2D eigenvalue weighted by Gasteiger charge is -2.20. The molecule has 2 aromatic carbocycles. The van der Waals surface area contributed by atoms with Gasteiger partial charge in [0.15, 0.2) is 22.4 Å². The van der Waals surface area contributed by atoms with E-state index in [1.807, 2.05) is 81.6 Å². The van der Waals surface area contributed by atoms with Crippen molar-refractivity contribution in [1.82, 2.24) is 15.3 Å². The topological polar surface area (TPSA) is 89.7 Å². The van der Waals surface area contributed by atoms with E-state index in [1.165, 1.54) is 11.8 Å². The zero-order chi connectivity index (χ0) is 27.8. The Morgan fingerprint density at radius 1 is 1.00 bits per heavy atom. The van der Waals surface area contributed by atoms with Gasteiger partial charge in [-0.3, -0.25) is 4.79 Å². The highest BCUT2D eigenvalue weighted by Gasteiger charge is 2.15. The molecular weight excluding hydrogens is 512 g/mol. The van der Waals surface area contributed by atoms with E-state index in [-0.39, 0.29) is 11.9 Å². The molecule has 0 aliphatic heterocycles. The number of likely N-dealkylation sites (N-methyl/N-ethyl adjacent to an activating group) is 1. The summed E-state index contributed by atoms with van der Waals surface area (Å²) < 4.78 is 16.6. The van der Waals surface area contributed by atoms with Crippen LogP contribution in [0.4, 0.5) is 5.82 Å². The van der Waals surface area contributed by atoms with Gasteiger partial charge < -0.3 is 24.1 Å². The number of hydrogen-bond acceptors (Lipinski definition) is 8. The van der Waals surface area contributed by atoms with Crippen LogP contribution >= 0.6 is 11.8 Å². The Kier molecular flexibility index (Phi) is 9.49. The first-order valence-corrected chi connectivity index (χ1v) is 13.7. The van der Waals surface area contributed by atoms with Crippen molar-refractivity contribution in [3.63, 3.8) is 0 Å². The summed E-state index contributed by atoms with van der Waals surface area (Å²) in [6, 6.07) is 21.6. The molecule has 2 aromatic heterocycles. The lowest BCUT2D eigenvalue weighted by atomic mass is 10.1. The summed E-state index contributed by atoms with van der Waals surface area (Å²) in [7, 11) is 5.30. The molecule has 39 heavy (non-hydrogen) atoms. The van der Waals surface area contributed by atoms with Crippen LogP contribution in [0.5, 0.6) is 11.5 Å². The fraction of sp³-hybridized carbons (Fsp3) is 0.300. The third-order valence-corrected chi connectivity index (χ3v) is 6.85. The molecule has 0 spiro atoms. The van der Waals surface area contributed by atoms with Crippen molar-refractivity contribution in [1.29, 1.82) is 0 Å². The van der Waals surface area contributed by atoms with Crippen molar-refractivity contribution < 1.29 is 18.7 Å². The number of carbonyl (C=O) groups excluding carboxylic acids is 1. The standard InChI is InChI=1S/C30H34N4O4S/c1-20(2)31-29(35)26-14-12-23(38-26)19-39-30-32-24(22-9-7-6-8-10-22)18-28(33-30)34(3)16-15-21-11-13-25(36-4)27(17-21)37-5/h6-14,17-18,20H,15-16,19H2,1-5H3,(H,31,35). The summed E-state index contributed by atoms with van der Waals surface area (Å²) in [6.07, 6.45) is 0.803. The molecule has 0 unspecified atom stereocenters. The molecule has 0 saturated heterocycles. The molecule has 2 heterocycles. The van der Waals surface area contributed by atoms with Crippen LogP contribution in [0.15, 0.2) is 76.3 Å². The average molecular weight is 547 g/mol. The smallest absolute Gasteiger partial charge is 0.287 e. The summed E-state index contributed by atoms with van der Waals surface area (Å²) in [5.74, 6) is 3.52. The highest BCUT2D eigenvalue weighted by molar-refractivity contribution is 7.98. The second kappa shape index (κ2) is 13.2. The number of methoxy groups -OCH3 is 2. The zero-order valence-electron chi connectivity index (χ0n) is 22.9. The van der Waals surface area contributed by atoms with Crippen LogP contribution < -0.4 is 19.7 Å². The van der Waals surface area contributed by atoms with E-state index in [2.05, 4.69) is 10.2 Å². The maximum Gasteiger partial charge on any atom is 0.287 e. The van der Waals surface area contributed by atoms with Crippen molar-refractivity contribution >= 4 is 23.5 Å². The first-order chi connectivity index (χ1) is 18.9. The van der Waals surface area contributed by atoms with Gasteiger partial charge in [-0.15, -0.1) is 0 Å². The van der Waals surface area contributed by atoms with Gasteiger partial charge in [0.2, 0.25) is 0 Å². The summed E-state index contributed by atoms with van der Waals surface area (Å²) in [6.45, 7) is 4.57. The number of ether oxygens (including phenoxy) is 2. The minimum Gasteiger partial charge on any atom is -0.493 e. The number of anilines is 1. The first kappa shape index (κ1) is 28.0. The van der Waals surface area contributed by atoms with Crippen molar-refractivity contribution in [2.45, 2.75) is 37.2 Å². The number of hydrogen-bond donors (Lipinski definition) is 1. The average Bonchev–Trinajstić information content (AvgIpc) is 3.44. The fourth-order valence-corrected chi connectivity index (χ4v) is 4.67. The molecule has 0 radical (unpaired) electrons. The summed E-state index contributed by atoms with van der Waals surface area (Å²) >= 11 is 1.47. The number of aromatic nitrogens is 2. The monoisotopic (exact) mass is 546 g/mol. The van der Waals surface area contributed by atoms with Crippen LogP contribution in [0.2, 0.25) is 0 Å². The number of carbonyl (C=O) groups is 1. The maximum atomic E-state index is 12.2. The van der Waals surface area contributed by atoms with Crippen molar-refractivity contribution in [2.75, 3.05) is 32.7 Å². The van der Waals surface area contributed by atoms with Gasteiger partial charge in [-0.1, -0.05) is 48.2 Å². The molecule has 1 amide bonds. The number of furan rings is 1. The third kappa shape index (κ3) is 7.54. The predicted molar refractivity (Wildman–Crippen MR) is 155 cm³/mol. The number of amides is 1. The van der Waals surface area contributed by atoms with E-state index in [0.717, 1.165) is 35.6 Å². The molecule has 0 atom stereocenters. The highest BCUT2D eigenvalue weighted by Crippen LogP contribution is 2.29. The Morgan fingerprint density at radius 2 is 1.77 bits per heavy atom. The molecule has 4 rings (SSSR count). The molecule has 4 aromatic rings. The van der Waals surface area contributed by atoms with E-state index in [1.54, 1.807) is 20.3 Å².